The van der Waals surface area contributed by atoms with Gasteiger partial charge in [-0.25, -0.2) is 0 Å². The molecule has 168 valence electrons. The number of benzene rings is 3. The van der Waals surface area contributed by atoms with Gasteiger partial charge in [0.25, 0.3) is 0 Å². The highest BCUT2D eigenvalue weighted by molar-refractivity contribution is 5.99. The lowest BCUT2D eigenvalue weighted by Crippen LogP contribution is -2.49. The number of ether oxygens (including phenoxy) is 1. The number of aromatic nitrogens is 1. The first-order valence-corrected chi connectivity index (χ1v) is 10.8. The van der Waals surface area contributed by atoms with Gasteiger partial charge < -0.3 is 19.9 Å². The number of carbonyl (C=O) groups excluding carboxylic acids is 2. The second kappa shape index (κ2) is 10.0. The number of hydrogen-bond acceptors (Lipinski definition) is 3. The van der Waals surface area contributed by atoms with Crippen molar-refractivity contribution in [2.45, 2.75) is 18.9 Å². The molecule has 4 aromatic rings. The zero-order valence-corrected chi connectivity index (χ0v) is 18.7. The van der Waals surface area contributed by atoms with Gasteiger partial charge in [-0.3, -0.25) is 9.59 Å². The van der Waals surface area contributed by atoms with E-state index in [1.165, 1.54) is 0 Å². The smallest absolute Gasteiger partial charge is 0.249 e. The summed E-state index contributed by atoms with van der Waals surface area (Å²) in [5.41, 5.74) is 3.55. The van der Waals surface area contributed by atoms with Crippen LogP contribution in [0.15, 0.2) is 85.1 Å². The van der Waals surface area contributed by atoms with E-state index in [9.17, 15) is 9.59 Å². The fourth-order valence-electron chi connectivity index (χ4n) is 3.93. The van der Waals surface area contributed by atoms with E-state index in [-0.39, 0.29) is 18.2 Å². The van der Waals surface area contributed by atoms with Crippen LogP contribution in [-0.2, 0) is 22.4 Å². The number of likely N-dealkylation sites (N-methyl/N-ethyl adjacent to an activating group) is 1. The van der Waals surface area contributed by atoms with Crippen LogP contribution in [0.3, 0.4) is 0 Å². The van der Waals surface area contributed by atoms with Crippen molar-refractivity contribution in [1.29, 1.82) is 0 Å². The standard InChI is InChI=1S/C27H27N3O3/c1-30(21-11-8-12-22(17-21)33-2)27(32)25(15-19-9-4-3-5-10-19)29-26(31)16-20-18-28-24-14-7-6-13-23(20)24/h3-14,17-18,25,28H,15-16H2,1-2H3,(H,29,31)/t25-/m0/s1. The number of amides is 2. The maximum atomic E-state index is 13.5. The van der Waals surface area contributed by atoms with Gasteiger partial charge in [0.1, 0.15) is 11.8 Å². The quantitative estimate of drug-likeness (QED) is 0.432. The van der Waals surface area contributed by atoms with E-state index in [1.807, 2.05) is 79.0 Å². The highest BCUT2D eigenvalue weighted by atomic mass is 16.5. The second-order valence-corrected chi connectivity index (χ2v) is 7.94. The van der Waals surface area contributed by atoms with Gasteiger partial charge in [-0.05, 0) is 29.3 Å². The number of carbonyl (C=O) groups is 2. The van der Waals surface area contributed by atoms with Gasteiger partial charge in [-0.1, -0.05) is 54.6 Å². The van der Waals surface area contributed by atoms with Gasteiger partial charge in [0.15, 0.2) is 0 Å². The number of rotatable bonds is 8. The molecule has 6 nitrogen and oxygen atoms in total. The average molecular weight is 442 g/mol. The molecule has 3 aromatic carbocycles. The van der Waals surface area contributed by atoms with Crippen molar-refractivity contribution in [3.63, 3.8) is 0 Å². The van der Waals surface area contributed by atoms with Crippen LogP contribution in [0.5, 0.6) is 5.75 Å². The minimum Gasteiger partial charge on any atom is -0.497 e. The number of anilines is 1. The second-order valence-electron chi connectivity index (χ2n) is 7.94. The lowest BCUT2D eigenvalue weighted by molar-refractivity contribution is -0.127. The Hall–Kier alpha value is -4.06. The van der Waals surface area contributed by atoms with E-state index >= 15 is 0 Å². The highest BCUT2D eigenvalue weighted by Crippen LogP contribution is 2.22. The molecule has 0 saturated carbocycles. The first-order chi connectivity index (χ1) is 16.0. The summed E-state index contributed by atoms with van der Waals surface area (Å²) in [4.78, 5) is 31.2. The van der Waals surface area contributed by atoms with Gasteiger partial charge in [-0.2, -0.15) is 0 Å². The number of hydrogen-bond donors (Lipinski definition) is 2. The molecule has 0 spiro atoms. The van der Waals surface area contributed by atoms with Crippen LogP contribution in [0.25, 0.3) is 10.9 Å². The zero-order chi connectivity index (χ0) is 23.2. The Morgan fingerprint density at radius 2 is 1.76 bits per heavy atom. The molecule has 2 amide bonds. The van der Waals surface area contributed by atoms with Crippen LogP contribution in [0.4, 0.5) is 5.69 Å². The van der Waals surface area contributed by atoms with Crippen LogP contribution >= 0.6 is 0 Å². The van der Waals surface area contributed by atoms with E-state index in [1.54, 1.807) is 25.1 Å². The molecule has 1 atom stereocenters. The Morgan fingerprint density at radius 3 is 2.55 bits per heavy atom. The van der Waals surface area contributed by atoms with Gasteiger partial charge in [0.05, 0.1) is 13.5 Å². The predicted octanol–water partition coefficient (Wildman–Crippen LogP) is 4.11. The van der Waals surface area contributed by atoms with Crippen molar-refractivity contribution in [2.24, 2.45) is 0 Å². The Morgan fingerprint density at radius 1 is 1.00 bits per heavy atom. The molecule has 0 aliphatic heterocycles. The lowest BCUT2D eigenvalue weighted by Gasteiger charge is -2.25. The van der Waals surface area contributed by atoms with Crippen molar-refractivity contribution in [1.82, 2.24) is 10.3 Å². The van der Waals surface area contributed by atoms with Crippen molar-refractivity contribution in [3.8, 4) is 5.75 Å². The van der Waals surface area contributed by atoms with E-state index in [0.717, 1.165) is 22.0 Å². The minimum absolute atomic E-state index is 0.186. The maximum Gasteiger partial charge on any atom is 0.249 e. The summed E-state index contributed by atoms with van der Waals surface area (Å²) in [5, 5.41) is 3.98. The molecule has 0 unspecified atom stereocenters. The largest absolute Gasteiger partial charge is 0.497 e. The molecule has 0 bridgehead atoms. The summed E-state index contributed by atoms with van der Waals surface area (Å²) >= 11 is 0. The molecular formula is C27H27N3O3. The van der Waals surface area contributed by atoms with Gasteiger partial charge in [-0.15, -0.1) is 0 Å². The summed E-state index contributed by atoms with van der Waals surface area (Å²) < 4.78 is 5.29. The van der Waals surface area contributed by atoms with Crippen LogP contribution in [0.2, 0.25) is 0 Å². The van der Waals surface area contributed by atoms with Crippen LogP contribution < -0.4 is 15.0 Å². The molecule has 2 N–H and O–H groups in total. The molecule has 6 heteroatoms. The lowest BCUT2D eigenvalue weighted by atomic mass is 10.0. The third-order valence-electron chi connectivity index (χ3n) is 5.71. The monoisotopic (exact) mass is 441 g/mol. The van der Waals surface area contributed by atoms with Gasteiger partial charge in [0, 0.05) is 42.3 Å². The summed E-state index contributed by atoms with van der Waals surface area (Å²) in [7, 11) is 3.30. The number of fused-ring (bicyclic) bond motifs is 1. The van der Waals surface area contributed by atoms with Gasteiger partial charge >= 0.3 is 0 Å². The summed E-state index contributed by atoms with van der Waals surface area (Å²) in [6.07, 6.45) is 2.43. The molecule has 0 saturated heterocycles. The van der Waals surface area contributed by atoms with Crippen LogP contribution in [0, 0.1) is 0 Å². The fraction of sp³-hybridized carbons (Fsp3) is 0.185. The third-order valence-corrected chi connectivity index (χ3v) is 5.71. The van der Waals surface area contributed by atoms with E-state index in [4.69, 9.17) is 4.74 Å². The first kappa shape index (κ1) is 22.1. The van der Waals surface area contributed by atoms with E-state index in [0.29, 0.717) is 17.9 Å². The molecule has 1 aromatic heterocycles. The first-order valence-electron chi connectivity index (χ1n) is 10.8. The molecule has 0 radical (unpaired) electrons. The Bertz CT molecular complexity index is 1250. The number of nitrogens with zero attached hydrogens (tertiary/aromatic N) is 1. The van der Waals surface area contributed by atoms with Crippen molar-refractivity contribution >= 4 is 28.4 Å². The SMILES string of the molecule is COc1cccc(N(C)C(=O)[C@H](Cc2ccccc2)NC(=O)Cc2c[nH]c3ccccc23)c1. The average Bonchev–Trinajstić information content (AvgIpc) is 3.26. The Kier molecular flexibility index (Phi) is 6.74. The van der Waals surface area contributed by atoms with E-state index in [2.05, 4.69) is 10.3 Å². The van der Waals surface area contributed by atoms with Crippen molar-refractivity contribution in [2.75, 3.05) is 19.1 Å². The molecule has 0 aliphatic rings. The van der Waals surface area contributed by atoms with Gasteiger partial charge in [0.2, 0.25) is 11.8 Å². The summed E-state index contributed by atoms with van der Waals surface area (Å²) in [5.74, 6) is 0.266. The molecule has 0 aliphatic carbocycles. The number of para-hydroxylation sites is 1. The molecular weight excluding hydrogens is 414 g/mol. The van der Waals surface area contributed by atoms with Crippen LogP contribution in [-0.4, -0.2) is 37.0 Å². The predicted molar refractivity (Wildman–Crippen MR) is 130 cm³/mol. The fourth-order valence-corrected chi connectivity index (χ4v) is 3.93. The number of H-pyrrole nitrogens is 1. The summed E-state index contributed by atoms with van der Waals surface area (Å²) in [6.45, 7) is 0. The number of methoxy groups -OCH3 is 1. The molecule has 4 rings (SSSR count). The van der Waals surface area contributed by atoms with Crippen molar-refractivity contribution < 1.29 is 14.3 Å². The Labute approximate surface area is 193 Å². The molecule has 0 fully saturated rings. The normalized spacial score (nSPS) is 11.7. The highest BCUT2D eigenvalue weighted by Gasteiger charge is 2.26. The van der Waals surface area contributed by atoms with E-state index < -0.39 is 6.04 Å². The minimum atomic E-state index is -0.707. The van der Waals surface area contributed by atoms with Crippen molar-refractivity contribution in [3.05, 3.63) is 96.2 Å². The number of aromatic amines is 1. The van der Waals surface area contributed by atoms with Crippen LogP contribution in [0.1, 0.15) is 11.1 Å². The third kappa shape index (κ3) is 5.23. The zero-order valence-electron chi connectivity index (χ0n) is 18.7. The number of nitrogens with one attached hydrogen (secondary N) is 2. The molecule has 33 heavy (non-hydrogen) atoms. The maximum absolute atomic E-state index is 13.5. The Balaban J connectivity index is 1.54. The summed E-state index contributed by atoms with van der Waals surface area (Å²) in [6, 6.07) is 24.1. The molecule has 1 heterocycles. The topological polar surface area (TPSA) is 74.4 Å².